The number of hydrogen-bond acceptors (Lipinski definition) is 4. The first-order valence-corrected chi connectivity index (χ1v) is 9.20. The van der Waals surface area contributed by atoms with Crippen molar-refractivity contribution in [2.45, 2.75) is 45.1 Å². The van der Waals surface area contributed by atoms with Crippen LogP contribution < -0.4 is 4.90 Å². The van der Waals surface area contributed by atoms with Crippen LogP contribution in [-0.2, 0) is 26.7 Å². The molecule has 1 atom stereocenters. The fourth-order valence-corrected chi connectivity index (χ4v) is 3.68. The van der Waals surface area contributed by atoms with Gasteiger partial charge in [0.25, 0.3) is 10.1 Å². The van der Waals surface area contributed by atoms with Crippen molar-refractivity contribution in [1.29, 1.82) is 0 Å². The molecule has 0 saturated carbocycles. The van der Waals surface area contributed by atoms with Gasteiger partial charge in [-0.25, -0.2) is 0 Å². The minimum absolute atomic E-state index is 0.0134. The van der Waals surface area contributed by atoms with Crippen molar-refractivity contribution in [3.63, 3.8) is 0 Å². The molecule has 1 aliphatic rings. The minimum atomic E-state index is -3.95. The van der Waals surface area contributed by atoms with Crippen LogP contribution in [0.15, 0.2) is 18.2 Å². The number of carbonyl (C=O) groups is 1. The average Bonchev–Trinajstić information content (AvgIpc) is 2.58. The van der Waals surface area contributed by atoms with Crippen molar-refractivity contribution in [3.8, 4) is 0 Å². The lowest BCUT2D eigenvalue weighted by atomic mass is 9.80. The number of rotatable bonds is 6. The summed E-state index contributed by atoms with van der Waals surface area (Å²) in [7, 11) is -3.95. The van der Waals surface area contributed by atoms with Crippen LogP contribution in [0.4, 0.5) is 5.69 Å². The molecule has 0 spiro atoms. The molecule has 1 aromatic rings. The van der Waals surface area contributed by atoms with Crippen LogP contribution in [0.25, 0.3) is 0 Å². The standard InChI is InChI=1S/C16H23NO5S/c1-11-16(2,3)13-9-12(10-15(18)19)5-6-14(13)17(11)7-4-8-23(20,21)22/h5-6,9,11H,4,7-8,10H2,1-3H3,(H,18,19)(H,20,21,22). The molecule has 1 heterocycles. The second kappa shape index (κ2) is 6.13. The Morgan fingerprint density at radius 2 is 2.00 bits per heavy atom. The van der Waals surface area contributed by atoms with Gasteiger partial charge in [0, 0.05) is 23.7 Å². The van der Waals surface area contributed by atoms with Gasteiger partial charge in [-0.3, -0.25) is 9.35 Å². The summed E-state index contributed by atoms with van der Waals surface area (Å²) in [5.74, 6) is -1.12. The number of fused-ring (bicyclic) bond motifs is 1. The highest BCUT2D eigenvalue weighted by Crippen LogP contribution is 2.45. The van der Waals surface area contributed by atoms with E-state index in [4.69, 9.17) is 9.66 Å². The van der Waals surface area contributed by atoms with E-state index in [9.17, 15) is 13.2 Å². The summed E-state index contributed by atoms with van der Waals surface area (Å²) in [5, 5.41) is 8.95. The molecule has 2 N–H and O–H groups in total. The molecule has 0 saturated heterocycles. The molecule has 7 heteroatoms. The third-order valence-corrected chi connectivity index (χ3v) is 5.54. The molecule has 0 aromatic heterocycles. The first-order valence-electron chi connectivity index (χ1n) is 7.59. The molecule has 0 radical (unpaired) electrons. The Morgan fingerprint density at radius 3 is 2.57 bits per heavy atom. The van der Waals surface area contributed by atoms with Crippen LogP contribution in [0.5, 0.6) is 0 Å². The van der Waals surface area contributed by atoms with Crippen LogP contribution in [0.1, 0.15) is 38.3 Å². The molecule has 1 aromatic carbocycles. The van der Waals surface area contributed by atoms with E-state index in [1.807, 2.05) is 12.1 Å². The topological polar surface area (TPSA) is 94.9 Å². The molecule has 0 amide bonds. The number of carboxylic acids is 1. The summed E-state index contributed by atoms with van der Waals surface area (Å²) in [6, 6.07) is 5.80. The van der Waals surface area contributed by atoms with Crippen molar-refractivity contribution in [1.82, 2.24) is 0 Å². The van der Waals surface area contributed by atoms with Crippen LogP contribution in [0.2, 0.25) is 0 Å². The van der Waals surface area contributed by atoms with E-state index in [2.05, 4.69) is 25.7 Å². The molecule has 23 heavy (non-hydrogen) atoms. The zero-order chi connectivity index (χ0) is 17.4. The van der Waals surface area contributed by atoms with Gasteiger partial charge in [-0.15, -0.1) is 0 Å². The lowest BCUT2D eigenvalue weighted by molar-refractivity contribution is -0.136. The summed E-state index contributed by atoms with van der Waals surface area (Å²) < 4.78 is 30.7. The average molecular weight is 341 g/mol. The van der Waals surface area contributed by atoms with Crippen LogP contribution in [-0.4, -0.2) is 42.4 Å². The minimum Gasteiger partial charge on any atom is -0.481 e. The second-order valence-electron chi connectivity index (χ2n) is 6.65. The molecule has 128 valence electrons. The van der Waals surface area contributed by atoms with Gasteiger partial charge < -0.3 is 10.0 Å². The zero-order valence-corrected chi connectivity index (χ0v) is 14.4. The second-order valence-corrected chi connectivity index (χ2v) is 8.22. The smallest absolute Gasteiger partial charge is 0.307 e. The molecule has 0 bridgehead atoms. The summed E-state index contributed by atoms with van der Waals surface area (Å²) >= 11 is 0. The molecular weight excluding hydrogens is 318 g/mol. The van der Waals surface area contributed by atoms with Crippen LogP contribution in [0, 0.1) is 0 Å². The van der Waals surface area contributed by atoms with Gasteiger partial charge >= 0.3 is 5.97 Å². The van der Waals surface area contributed by atoms with Gasteiger partial charge in [-0.05, 0) is 30.5 Å². The fourth-order valence-electron chi connectivity index (χ4n) is 3.19. The van der Waals surface area contributed by atoms with Crippen molar-refractivity contribution >= 4 is 21.8 Å². The highest BCUT2D eigenvalue weighted by molar-refractivity contribution is 7.85. The SMILES string of the molecule is CC1N(CCCS(=O)(=O)O)c2ccc(CC(=O)O)cc2C1(C)C. The van der Waals surface area contributed by atoms with Gasteiger partial charge in [0.05, 0.1) is 12.2 Å². The molecule has 1 unspecified atom stereocenters. The maximum Gasteiger partial charge on any atom is 0.307 e. The van der Waals surface area contributed by atoms with Gasteiger partial charge in [-0.1, -0.05) is 26.0 Å². The number of anilines is 1. The third-order valence-electron chi connectivity index (χ3n) is 4.73. The van der Waals surface area contributed by atoms with Crippen molar-refractivity contribution in [3.05, 3.63) is 29.3 Å². The number of nitrogens with zero attached hydrogens (tertiary/aromatic N) is 1. The van der Waals surface area contributed by atoms with E-state index in [1.165, 1.54) is 0 Å². The Hall–Kier alpha value is -1.60. The summed E-state index contributed by atoms with van der Waals surface area (Å²) in [6.07, 6.45) is 0.329. The van der Waals surface area contributed by atoms with E-state index < -0.39 is 16.1 Å². The predicted octanol–water partition coefficient (Wildman–Crippen LogP) is 2.08. The molecule has 1 aliphatic heterocycles. The van der Waals surface area contributed by atoms with Crippen molar-refractivity contribution in [2.24, 2.45) is 0 Å². The number of aliphatic carboxylic acids is 1. The number of carboxylic acid groups (broad SMARTS) is 1. The Bertz CT molecular complexity index is 711. The quantitative estimate of drug-likeness (QED) is 0.769. The zero-order valence-electron chi connectivity index (χ0n) is 13.6. The van der Waals surface area contributed by atoms with Crippen molar-refractivity contribution in [2.75, 3.05) is 17.2 Å². The van der Waals surface area contributed by atoms with Gasteiger partial charge in [-0.2, -0.15) is 8.42 Å². The maximum atomic E-state index is 10.9. The monoisotopic (exact) mass is 341 g/mol. The van der Waals surface area contributed by atoms with Crippen molar-refractivity contribution < 1.29 is 22.9 Å². The Labute approximate surface area is 136 Å². The van der Waals surface area contributed by atoms with Gasteiger partial charge in [0.2, 0.25) is 0 Å². The van der Waals surface area contributed by atoms with E-state index in [1.54, 1.807) is 6.07 Å². The fraction of sp³-hybridized carbons (Fsp3) is 0.562. The van der Waals surface area contributed by atoms with E-state index in [0.29, 0.717) is 13.0 Å². The van der Waals surface area contributed by atoms with Crippen LogP contribution >= 0.6 is 0 Å². The normalized spacial score (nSPS) is 19.7. The lowest BCUT2D eigenvalue weighted by Crippen LogP contribution is -2.39. The first kappa shape index (κ1) is 17.7. The highest BCUT2D eigenvalue weighted by Gasteiger charge is 2.41. The van der Waals surface area contributed by atoms with Gasteiger partial charge in [0.1, 0.15) is 0 Å². The first-order chi connectivity index (χ1) is 10.5. The summed E-state index contributed by atoms with van der Waals surface area (Å²) in [4.78, 5) is 13.0. The highest BCUT2D eigenvalue weighted by atomic mass is 32.2. The van der Waals surface area contributed by atoms with Gasteiger partial charge in [0.15, 0.2) is 0 Å². The Morgan fingerprint density at radius 1 is 1.35 bits per heavy atom. The maximum absolute atomic E-state index is 10.9. The molecule has 0 fully saturated rings. The van der Waals surface area contributed by atoms with E-state index >= 15 is 0 Å². The molecule has 6 nitrogen and oxygen atoms in total. The summed E-state index contributed by atoms with van der Waals surface area (Å²) in [6.45, 7) is 6.80. The predicted molar refractivity (Wildman–Crippen MR) is 88.6 cm³/mol. The molecular formula is C16H23NO5S. The molecule has 2 rings (SSSR count). The van der Waals surface area contributed by atoms with Crippen LogP contribution in [0.3, 0.4) is 0 Å². The Balaban J connectivity index is 2.26. The number of hydrogen-bond donors (Lipinski definition) is 2. The third kappa shape index (κ3) is 3.84. The lowest BCUT2D eigenvalue weighted by Gasteiger charge is -2.31. The molecule has 0 aliphatic carbocycles. The summed E-state index contributed by atoms with van der Waals surface area (Å²) in [5.41, 5.74) is 2.68. The Kier molecular flexibility index (Phi) is 4.73. The van der Waals surface area contributed by atoms with E-state index in [0.717, 1.165) is 16.8 Å². The largest absolute Gasteiger partial charge is 0.481 e. The van der Waals surface area contributed by atoms with E-state index in [-0.39, 0.29) is 23.6 Å². The number of benzene rings is 1.